The molecule has 1 saturated heterocycles. The first kappa shape index (κ1) is 9.48. The molecule has 0 aromatic carbocycles. The first-order valence-electron chi connectivity index (χ1n) is 4.29. The molecule has 1 heterocycles. The van der Waals surface area contributed by atoms with Crippen molar-refractivity contribution in [2.75, 3.05) is 27.2 Å². The average Bonchev–Trinajstić information content (AvgIpc) is 2.04. The molecule has 3 N–H and O–H groups in total. The summed E-state index contributed by atoms with van der Waals surface area (Å²) in [6, 6.07) is 0.260. The molecular formula is C8H17N3O. The van der Waals surface area contributed by atoms with Crippen LogP contribution in [0.4, 0.5) is 0 Å². The lowest BCUT2D eigenvalue weighted by molar-refractivity contribution is -0.124. The number of piperidine rings is 1. The number of nitrogens with one attached hydrogen (secondary N) is 1. The minimum Gasteiger partial charge on any atom is -0.369 e. The third kappa shape index (κ3) is 1.95. The van der Waals surface area contributed by atoms with Gasteiger partial charge in [0, 0.05) is 12.6 Å². The van der Waals surface area contributed by atoms with E-state index in [1.165, 1.54) is 0 Å². The Kier molecular flexibility index (Phi) is 3.05. The standard InChI is InChI=1S/C8H17N3O/c1-11(2)7-5-10-4-3-6(7)8(9)12/h6-7,10H,3-5H2,1-2H3,(H2,9,12). The Morgan fingerprint density at radius 2 is 2.25 bits per heavy atom. The van der Waals surface area contributed by atoms with E-state index in [0.717, 1.165) is 19.5 Å². The molecule has 70 valence electrons. The summed E-state index contributed by atoms with van der Waals surface area (Å²) in [6.45, 7) is 1.76. The van der Waals surface area contributed by atoms with Crippen molar-refractivity contribution in [2.24, 2.45) is 11.7 Å². The van der Waals surface area contributed by atoms with Crippen LogP contribution in [-0.4, -0.2) is 44.0 Å². The lowest BCUT2D eigenvalue weighted by Crippen LogP contribution is -2.52. The van der Waals surface area contributed by atoms with Crippen LogP contribution < -0.4 is 11.1 Å². The number of primary amides is 1. The average molecular weight is 171 g/mol. The van der Waals surface area contributed by atoms with E-state index in [0.29, 0.717) is 0 Å². The summed E-state index contributed by atoms with van der Waals surface area (Å²) in [7, 11) is 3.96. The molecule has 1 aliphatic heterocycles. The molecule has 0 aromatic rings. The molecule has 1 rings (SSSR count). The molecule has 2 atom stereocenters. The highest BCUT2D eigenvalue weighted by molar-refractivity contribution is 5.77. The first-order valence-corrected chi connectivity index (χ1v) is 4.29. The van der Waals surface area contributed by atoms with Gasteiger partial charge in [0.2, 0.25) is 5.91 Å². The second-order valence-corrected chi connectivity index (χ2v) is 3.53. The number of carbonyl (C=O) groups excluding carboxylic acids is 1. The van der Waals surface area contributed by atoms with Crippen molar-refractivity contribution in [1.29, 1.82) is 0 Å². The monoisotopic (exact) mass is 171 g/mol. The molecule has 1 fully saturated rings. The number of hydrogen-bond donors (Lipinski definition) is 2. The lowest BCUT2D eigenvalue weighted by atomic mass is 9.91. The summed E-state index contributed by atoms with van der Waals surface area (Å²) in [5.74, 6) is -0.156. The predicted octanol–water partition coefficient (Wildman–Crippen LogP) is -0.989. The molecule has 2 unspecified atom stereocenters. The molecule has 1 amide bonds. The Morgan fingerprint density at radius 3 is 2.67 bits per heavy atom. The van der Waals surface area contributed by atoms with E-state index in [1.807, 2.05) is 14.1 Å². The molecule has 0 aliphatic carbocycles. The number of nitrogens with zero attached hydrogens (tertiary/aromatic N) is 1. The minimum absolute atomic E-state index is 0.0150. The summed E-state index contributed by atoms with van der Waals surface area (Å²) in [6.07, 6.45) is 0.859. The Morgan fingerprint density at radius 1 is 1.58 bits per heavy atom. The largest absolute Gasteiger partial charge is 0.369 e. The minimum atomic E-state index is -0.171. The van der Waals surface area contributed by atoms with E-state index in [2.05, 4.69) is 10.2 Å². The van der Waals surface area contributed by atoms with Gasteiger partial charge < -0.3 is 16.0 Å². The molecule has 0 bridgehead atoms. The van der Waals surface area contributed by atoms with Crippen molar-refractivity contribution in [1.82, 2.24) is 10.2 Å². The molecule has 0 spiro atoms. The van der Waals surface area contributed by atoms with Crippen LogP contribution in [0.1, 0.15) is 6.42 Å². The van der Waals surface area contributed by atoms with E-state index in [9.17, 15) is 4.79 Å². The molecule has 0 aromatic heterocycles. The molecule has 4 heteroatoms. The third-order valence-corrected chi connectivity index (χ3v) is 2.48. The fraction of sp³-hybridized carbons (Fsp3) is 0.875. The van der Waals surface area contributed by atoms with Crippen molar-refractivity contribution >= 4 is 5.91 Å². The van der Waals surface area contributed by atoms with Crippen molar-refractivity contribution in [2.45, 2.75) is 12.5 Å². The highest BCUT2D eigenvalue weighted by atomic mass is 16.1. The zero-order valence-corrected chi connectivity index (χ0v) is 7.71. The maximum atomic E-state index is 11.0. The quantitative estimate of drug-likeness (QED) is 0.561. The van der Waals surface area contributed by atoms with Crippen LogP contribution >= 0.6 is 0 Å². The van der Waals surface area contributed by atoms with Gasteiger partial charge in [0.25, 0.3) is 0 Å². The van der Waals surface area contributed by atoms with E-state index >= 15 is 0 Å². The van der Waals surface area contributed by atoms with Crippen molar-refractivity contribution in [3.63, 3.8) is 0 Å². The maximum Gasteiger partial charge on any atom is 0.222 e. The van der Waals surface area contributed by atoms with Gasteiger partial charge in [-0.1, -0.05) is 0 Å². The van der Waals surface area contributed by atoms with Crippen LogP contribution in [0.3, 0.4) is 0 Å². The summed E-state index contributed by atoms with van der Waals surface area (Å²) >= 11 is 0. The summed E-state index contributed by atoms with van der Waals surface area (Å²) in [4.78, 5) is 13.1. The summed E-state index contributed by atoms with van der Waals surface area (Å²) < 4.78 is 0. The Bertz CT molecular complexity index is 170. The van der Waals surface area contributed by atoms with Gasteiger partial charge in [-0.05, 0) is 27.1 Å². The predicted molar refractivity (Wildman–Crippen MR) is 47.6 cm³/mol. The second-order valence-electron chi connectivity index (χ2n) is 3.53. The normalized spacial score (nSPS) is 30.6. The van der Waals surface area contributed by atoms with E-state index in [1.54, 1.807) is 0 Å². The van der Waals surface area contributed by atoms with Gasteiger partial charge in [0.15, 0.2) is 0 Å². The number of carbonyl (C=O) groups is 1. The summed E-state index contributed by atoms with van der Waals surface area (Å²) in [5.41, 5.74) is 5.30. The number of likely N-dealkylation sites (N-methyl/N-ethyl adjacent to an activating group) is 1. The molecule has 1 aliphatic rings. The van der Waals surface area contributed by atoms with Crippen LogP contribution in [0.5, 0.6) is 0 Å². The highest BCUT2D eigenvalue weighted by Gasteiger charge is 2.30. The van der Waals surface area contributed by atoms with Gasteiger partial charge in [-0.15, -0.1) is 0 Å². The van der Waals surface area contributed by atoms with Gasteiger partial charge in [0.05, 0.1) is 5.92 Å². The number of rotatable bonds is 2. The smallest absolute Gasteiger partial charge is 0.222 e. The molecule has 0 radical (unpaired) electrons. The first-order chi connectivity index (χ1) is 5.63. The van der Waals surface area contributed by atoms with Crippen LogP contribution in [0, 0.1) is 5.92 Å². The number of hydrogen-bond acceptors (Lipinski definition) is 3. The second kappa shape index (κ2) is 3.87. The highest BCUT2D eigenvalue weighted by Crippen LogP contribution is 2.15. The van der Waals surface area contributed by atoms with Gasteiger partial charge in [-0.2, -0.15) is 0 Å². The molecule has 4 nitrogen and oxygen atoms in total. The maximum absolute atomic E-state index is 11.0. The molecular weight excluding hydrogens is 154 g/mol. The van der Waals surface area contributed by atoms with Crippen molar-refractivity contribution < 1.29 is 4.79 Å². The lowest BCUT2D eigenvalue weighted by Gasteiger charge is -2.34. The van der Waals surface area contributed by atoms with Gasteiger partial charge >= 0.3 is 0 Å². The Hall–Kier alpha value is -0.610. The number of amides is 1. The number of nitrogens with two attached hydrogens (primary N) is 1. The van der Waals surface area contributed by atoms with Crippen LogP contribution in [0.25, 0.3) is 0 Å². The van der Waals surface area contributed by atoms with E-state index < -0.39 is 0 Å². The van der Waals surface area contributed by atoms with E-state index in [4.69, 9.17) is 5.73 Å². The van der Waals surface area contributed by atoms with Crippen LogP contribution in [0.2, 0.25) is 0 Å². The zero-order chi connectivity index (χ0) is 9.14. The molecule has 12 heavy (non-hydrogen) atoms. The van der Waals surface area contributed by atoms with Gasteiger partial charge in [0.1, 0.15) is 0 Å². The third-order valence-electron chi connectivity index (χ3n) is 2.48. The van der Waals surface area contributed by atoms with Gasteiger partial charge in [-0.25, -0.2) is 0 Å². The summed E-state index contributed by atoms with van der Waals surface area (Å²) in [5, 5.41) is 3.25. The zero-order valence-electron chi connectivity index (χ0n) is 7.71. The Labute approximate surface area is 73.1 Å². The van der Waals surface area contributed by atoms with Crippen molar-refractivity contribution in [3.8, 4) is 0 Å². The van der Waals surface area contributed by atoms with Crippen molar-refractivity contribution in [3.05, 3.63) is 0 Å². The van der Waals surface area contributed by atoms with Gasteiger partial charge in [-0.3, -0.25) is 4.79 Å². The SMILES string of the molecule is CN(C)C1CNCCC1C(N)=O. The fourth-order valence-corrected chi connectivity index (χ4v) is 1.72. The van der Waals surface area contributed by atoms with Crippen LogP contribution in [-0.2, 0) is 4.79 Å². The van der Waals surface area contributed by atoms with E-state index in [-0.39, 0.29) is 17.9 Å². The topological polar surface area (TPSA) is 58.4 Å². The Balaban J connectivity index is 2.60. The molecule has 0 saturated carbocycles. The fourth-order valence-electron chi connectivity index (χ4n) is 1.72. The van der Waals surface area contributed by atoms with Crippen LogP contribution in [0.15, 0.2) is 0 Å².